The quantitative estimate of drug-likeness (QED) is 0.935. The molecule has 1 N–H and O–H groups in total. The summed E-state index contributed by atoms with van der Waals surface area (Å²) < 4.78 is 24.5. The smallest absolute Gasteiger partial charge is 0.229 e. The molecule has 1 fully saturated rings. The summed E-state index contributed by atoms with van der Waals surface area (Å²) in [5, 5.41) is 7.47. The van der Waals surface area contributed by atoms with Crippen LogP contribution in [0.25, 0.3) is 0 Å². The van der Waals surface area contributed by atoms with Crippen LogP contribution in [0, 0.1) is 5.82 Å². The fourth-order valence-corrected chi connectivity index (χ4v) is 2.48. The Kier molecular flexibility index (Phi) is 4.48. The lowest BCUT2D eigenvalue weighted by Gasteiger charge is -2.21. The minimum Gasteiger partial charge on any atom is -0.375 e. The molecule has 5 nitrogen and oxygen atoms in total. The van der Waals surface area contributed by atoms with E-state index < -0.39 is 0 Å². The molecule has 0 amide bonds. The van der Waals surface area contributed by atoms with Gasteiger partial charge in [-0.3, -0.25) is 0 Å². The molecule has 1 aromatic heterocycles. The first-order chi connectivity index (χ1) is 10.2. The summed E-state index contributed by atoms with van der Waals surface area (Å²) >= 11 is 5.99. The van der Waals surface area contributed by atoms with Gasteiger partial charge in [0.2, 0.25) is 5.89 Å². The number of hydrogen-bond donors (Lipinski definition) is 1. The highest BCUT2D eigenvalue weighted by atomic mass is 35.5. The third-order valence-electron chi connectivity index (χ3n) is 3.31. The lowest BCUT2D eigenvalue weighted by atomic mass is 10.1. The van der Waals surface area contributed by atoms with E-state index >= 15 is 0 Å². The fourth-order valence-electron chi connectivity index (χ4n) is 2.25. The molecule has 1 aliphatic rings. The topological polar surface area (TPSA) is 60.2 Å². The number of hydrogen-bond acceptors (Lipinski definition) is 5. The Morgan fingerprint density at radius 3 is 3.10 bits per heavy atom. The van der Waals surface area contributed by atoms with Gasteiger partial charge in [-0.15, -0.1) is 0 Å². The van der Waals surface area contributed by atoms with Gasteiger partial charge in [-0.1, -0.05) is 22.8 Å². The van der Waals surface area contributed by atoms with Crippen LogP contribution in [-0.4, -0.2) is 35.9 Å². The fraction of sp³-hybridized carbons (Fsp3) is 0.429. The van der Waals surface area contributed by atoms with Crippen LogP contribution in [0.2, 0.25) is 5.02 Å². The largest absolute Gasteiger partial charge is 0.375 e. The van der Waals surface area contributed by atoms with Crippen LogP contribution >= 0.6 is 11.6 Å². The van der Waals surface area contributed by atoms with Crippen LogP contribution in [-0.2, 0) is 17.6 Å². The molecule has 21 heavy (non-hydrogen) atoms. The summed E-state index contributed by atoms with van der Waals surface area (Å²) in [5.41, 5.74) is 0.377. The van der Waals surface area contributed by atoms with Crippen molar-refractivity contribution < 1.29 is 13.7 Å². The number of rotatable bonds is 4. The van der Waals surface area contributed by atoms with Gasteiger partial charge < -0.3 is 14.6 Å². The van der Waals surface area contributed by atoms with Gasteiger partial charge in [0, 0.05) is 30.1 Å². The Bertz CT molecular complexity index is 594. The van der Waals surface area contributed by atoms with Crippen molar-refractivity contribution in [1.29, 1.82) is 0 Å². The molecule has 0 aliphatic carbocycles. The second-order valence-electron chi connectivity index (χ2n) is 4.88. The summed E-state index contributed by atoms with van der Waals surface area (Å²) in [6, 6.07) is 4.57. The molecule has 1 saturated heterocycles. The van der Waals surface area contributed by atoms with Crippen LogP contribution in [0.5, 0.6) is 0 Å². The van der Waals surface area contributed by atoms with Crippen LogP contribution in [0.1, 0.15) is 17.3 Å². The van der Waals surface area contributed by atoms with Crippen molar-refractivity contribution in [1.82, 2.24) is 15.5 Å². The highest BCUT2D eigenvalue weighted by Gasteiger charge is 2.18. The molecule has 1 atom stereocenters. The van der Waals surface area contributed by atoms with E-state index in [0.29, 0.717) is 35.3 Å². The molecule has 1 unspecified atom stereocenters. The van der Waals surface area contributed by atoms with Gasteiger partial charge in [0.05, 0.1) is 19.1 Å². The number of ether oxygens (including phenoxy) is 1. The maximum Gasteiger partial charge on any atom is 0.229 e. The van der Waals surface area contributed by atoms with Crippen LogP contribution in [0.15, 0.2) is 22.7 Å². The highest BCUT2D eigenvalue weighted by Crippen LogP contribution is 2.21. The van der Waals surface area contributed by atoms with Gasteiger partial charge in [0.1, 0.15) is 5.82 Å². The normalized spacial score (nSPS) is 18.9. The van der Waals surface area contributed by atoms with E-state index in [-0.39, 0.29) is 18.3 Å². The predicted molar refractivity (Wildman–Crippen MR) is 74.8 cm³/mol. The van der Waals surface area contributed by atoms with Gasteiger partial charge in [0.15, 0.2) is 5.82 Å². The first-order valence-corrected chi connectivity index (χ1v) is 7.17. The third kappa shape index (κ3) is 3.58. The Morgan fingerprint density at radius 2 is 2.33 bits per heavy atom. The number of halogens is 2. The molecular weight excluding hydrogens is 297 g/mol. The maximum absolute atomic E-state index is 13.7. The summed E-state index contributed by atoms with van der Waals surface area (Å²) in [6.45, 7) is 2.30. The zero-order chi connectivity index (χ0) is 14.7. The average molecular weight is 312 g/mol. The van der Waals surface area contributed by atoms with Crippen LogP contribution < -0.4 is 5.32 Å². The monoisotopic (exact) mass is 311 g/mol. The number of nitrogens with zero attached hydrogens (tertiary/aromatic N) is 2. The van der Waals surface area contributed by atoms with E-state index in [1.165, 1.54) is 6.07 Å². The van der Waals surface area contributed by atoms with E-state index in [0.717, 1.165) is 13.1 Å². The van der Waals surface area contributed by atoms with Crippen molar-refractivity contribution in [3.05, 3.63) is 46.3 Å². The van der Waals surface area contributed by atoms with Crippen LogP contribution in [0.4, 0.5) is 4.39 Å². The Morgan fingerprint density at radius 1 is 1.43 bits per heavy atom. The molecule has 7 heteroatoms. The number of aromatic nitrogens is 2. The molecule has 1 aliphatic heterocycles. The Balaban J connectivity index is 1.67. The first-order valence-electron chi connectivity index (χ1n) is 6.79. The lowest BCUT2D eigenvalue weighted by molar-refractivity contribution is 0.0246. The molecular formula is C14H15ClFN3O2. The van der Waals surface area contributed by atoms with E-state index in [9.17, 15) is 4.39 Å². The van der Waals surface area contributed by atoms with Crippen molar-refractivity contribution in [3.8, 4) is 0 Å². The second kappa shape index (κ2) is 6.51. The maximum atomic E-state index is 13.7. The van der Waals surface area contributed by atoms with Gasteiger partial charge in [0.25, 0.3) is 0 Å². The highest BCUT2D eigenvalue weighted by molar-refractivity contribution is 6.31. The average Bonchev–Trinajstić information content (AvgIpc) is 2.91. The van der Waals surface area contributed by atoms with E-state index in [4.69, 9.17) is 20.9 Å². The first kappa shape index (κ1) is 14.4. The molecule has 0 spiro atoms. The lowest BCUT2D eigenvalue weighted by Crippen LogP contribution is -2.39. The molecule has 112 valence electrons. The van der Waals surface area contributed by atoms with Gasteiger partial charge in [-0.2, -0.15) is 4.98 Å². The minimum atomic E-state index is -0.367. The van der Waals surface area contributed by atoms with Gasteiger partial charge in [-0.05, 0) is 12.1 Å². The van der Waals surface area contributed by atoms with Gasteiger partial charge in [-0.25, -0.2) is 4.39 Å². The zero-order valence-electron chi connectivity index (χ0n) is 11.3. The number of benzene rings is 1. The third-order valence-corrected chi connectivity index (χ3v) is 3.67. The van der Waals surface area contributed by atoms with Crippen LogP contribution in [0.3, 0.4) is 0 Å². The van der Waals surface area contributed by atoms with Crippen molar-refractivity contribution in [3.63, 3.8) is 0 Å². The SMILES string of the molecule is Fc1cccc(Cl)c1Cc1noc(CC2CNCCO2)n1. The molecule has 2 aromatic rings. The minimum absolute atomic E-state index is 0.0316. The van der Waals surface area contributed by atoms with E-state index in [1.54, 1.807) is 12.1 Å². The molecule has 2 heterocycles. The molecule has 0 radical (unpaired) electrons. The molecule has 3 rings (SSSR count). The Hall–Kier alpha value is -1.50. The van der Waals surface area contributed by atoms with E-state index in [1.807, 2.05) is 0 Å². The zero-order valence-corrected chi connectivity index (χ0v) is 12.1. The summed E-state index contributed by atoms with van der Waals surface area (Å²) in [6.07, 6.45) is 0.785. The summed E-state index contributed by atoms with van der Waals surface area (Å²) in [5.74, 6) is 0.542. The van der Waals surface area contributed by atoms with E-state index in [2.05, 4.69) is 15.5 Å². The van der Waals surface area contributed by atoms with Crippen molar-refractivity contribution >= 4 is 11.6 Å². The standard InChI is InChI=1S/C14H15ClFN3O2/c15-11-2-1-3-12(16)10(11)7-13-18-14(21-19-13)6-9-8-17-4-5-20-9/h1-3,9,17H,4-8H2. The molecule has 0 bridgehead atoms. The van der Waals surface area contributed by atoms with Crippen molar-refractivity contribution in [2.45, 2.75) is 18.9 Å². The summed E-state index contributed by atoms with van der Waals surface area (Å²) in [7, 11) is 0. The van der Waals surface area contributed by atoms with Gasteiger partial charge >= 0.3 is 0 Å². The van der Waals surface area contributed by atoms with Crippen molar-refractivity contribution in [2.75, 3.05) is 19.7 Å². The summed E-state index contributed by atoms with van der Waals surface area (Å²) in [4.78, 5) is 4.27. The molecule has 1 aromatic carbocycles. The Labute approximate surface area is 126 Å². The number of morpholine rings is 1. The second-order valence-corrected chi connectivity index (χ2v) is 5.29. The molecule has 0 saturated carbocycles. The predicted octanol–water partition coefficient (Wildman–Crippen LogP) is 1.98. The van der Waals surface area contributed by atoms with Crippen molar-refractivity contribution in [2.24, 2.45) is 0 Å². The number of nitrogens with one attached hydrogen (secondary N) is 1.